The lowest BCUT2D eigenvalue weighted by Crippen LogP contribution is -2.60. The van der Waals surface area contributed by atoms with Crippen LogP contribution >= 0.6 is 0 Å². The molecule has 17 heavy (non-hydrogen) atoms. The minimum atomic E-state index is -1.16. The molecule has 0 bridgehead atoms. The molecule has 0 spiro atoms. The van der Waals surface area contributed by atoms with Crippen LogP contribution in [0.25, 0.3) is 0 Å². The van der Waals surface area contributed by atoms with Gasteiger partial charge in [0, 0.05) is 26.1 Å². The van der Waals surface area contributed by atoms with E-state index in [1.54, 1.807) is 0 Å². The van der Waals surface area contributed by atoms with Crippen molar-refractivity contribution in [1.29, 1.82) is 0 Å². The van der Waals surface area contributed by atoms with Crippen LogP contribution in [0.15, 0.2) is 0 Å². The zero-order valence-corrected chi connectivity index (χ0v) is 9.73. The van der Waals surface area contributed by atoms with Gasteiger partial charge in [0.25, 0.3) is 0 Å². The van der Waals surface area contributed by atoms with Gasteiger partial charge in [0.05, 0.1) is 5.60 Å². The molecule has 1 saturated heterocycles. The van der Waals surface area contributed by atoms with E-state index in [4.69, 9.17) is 14.9 Å². The van der Waals surface area contributed by atoms with Crippen LogP contribution in [0, 0.1) is 0 Å². The molecule has 0 saturated carbocycles. The van der Waals surface area contributed by atoms with E-state index < -0.39 is 17.9 Å². The minimum Gasteiger partial charge on any atom is -0.480 e. The zero-order chi connectivity index (χ0) is 12.9. The highest BCUT2D eigenvalue weighted by atomic mass is 16.5. The summed E-state index contributed by atoms with van der Waals surface area (Å²) in [5.41, 5.74) is -0.340. The third-order valence-electron chi connectivity index (χ3n) is 2.60. The second-order valence-electron chi connectivity index (χ2n) is 4.31. The molecule has 7 heteroatoms. The number of aliphatic hydroxyl groups is 1. The first-order chi connectivity index (χ1) is 7.97. The quantitative estimate of drug-likeness (QED) is 0.427. The Labute approximate surface area is 99.1 Å². The van der Waals surface area contributed by atoms with Gasteiger partial charge in [-0.1, -0.05) is 0 Å². The molecule has 0 aromatic rings. The molecule has 0 aromatic carbocycles. The number of carbonyl (C=O) groups is 2. The van der Waals surface area contributed by atoms with E-state index in [9.17, 15) is 9.59 Å². The van der Waals surface area contributed by atoms with Crippen molar-refractivity contribution in [3.8, 4) is 0 Å². The van der Waals surface area contributed by atoms with E-state index in [1.165, 1.54) is 0 Å². The van der Waals surface area contributed by atoms with Crippen molar-refractivity contribution in [2.24, 2.45) is 0 Å². The van der Waals surface area contributed by atoms with Crippen LogP contribution in [0.4, 0.5) is 0 Å². The topological polar surface area (TPSA) is 108 Å². The summed E-state index contributed by atoms with van der Waals surface area (Å²) in [7, 11) is 0. The first-order valence-corrected chi connectivity index (χ1v) is 5.44. The highest BCUT2D eigenvalue weighted by Gasteiger charge is 2.33. The van der Waals surface area contributed by atoms with Gasteiger partial charge in [0.2, 0.25) is 5.91 Å². The Kier molecular flexibility index (Phi) is 4.86. The van der Waals surface area contributed by atoms with Gasteiger partial charge in [-0.05, 0) is 6.92 Å². The number of carboxylic acid groups (broad SMARTS) is 1. The predicted molar refractivity (Wildman–Crippen MR) is 58.5 cm³/mol. The van der Waals surface area contributed by atoms with Crippen LogP contribution < -0.4 is 10.6 Å². The number of hydrogen-bond acceptors (Lipinski definition) is 5. The van der Waals surface area contributed by atoms with Crippen LogP contribution in [0.2, 0.25) is 0 Å². The highest BCUT2D eigenvalue weighted by Crippen LogP contribution is 2.14. The lowest BCUT2D eigenvalue weighted by atomic mass is 10.0. The summed E-state index contributed by atoms with van der Waals surface area (Å²) in [4.78, 5) is 22.1. The summed E-state index contributed by atoms with van der Waals surface area (Å²) in [6, 6.07) is -1.07. The summed E-state index contributed by atoms with van der Waals surface area (Å²) >= 11 is 0. The number of aliphatic carboxylic acids is 1. The first-order valence-electron chi connectivity index (χ1n) is 5.44. The Morgan fingerprint density at radius 1 is 1.53 bits per heavy atom. The predicted octanol–water partition coefficient (Wildman–Crippen LogP) is -1.68. The summed E-state index contributed by atoms with van der Waals surface area (Å²) in [5, 5.41) is 22.7. The average Bonchev–Trinajstić information content (AvgIpc) is 2.23. The van der Waals surface area contributed by atoms with Crippen molar-refractivity contribution in [2.45, 2.75) is 25.0 Å². The van der Waals surface area contributed by atoms with Gasteiger partial charge < -0.3 is 25.6 Å². The van der Waals surface area contributed by atoms with E-state index in [2.05, 4.69) is 10.6 Å². The van der Waals surface area contributed by atoms with Crippen LogP contribution in [-0.4, -0.2) is 60.0 Å². The van der Waals surface area contributed by atoms with E-state index in [1.807, 2.05) is 6.92 Å². The smallest absolute Gasteiger partial charge is 0.326 e. The van der Waals surface area contributed by atoms with Crippen molar-refractivity contribution in [3.63, 3.8) is 0 Å². The molecule has 0 unspecified atom stereocenters. The summed E-state index contributed by atoms with van der Waals surface area (Å²) in [5.74, 6) is -1.65. The Bertz CT molecular complexity index is 290. The number of ether oxygens (including phenoxy) is 1. The lowest BCUT2D eigenvalue weighted by molar-refractivity contribution is -0.145. The molecule has 1 rings (SSSR count). The molecule has 1 heterocycles. The van der Waals surface area contributed by atoms with Gasteiger partial charge in [-0.2, -0.15) is 0 Å². The molecule has 98 valence electrons. The molecule has 1 atom stereocenters. The van der Waals surface area contributed by atoms with E-state index in [0.717, 1.165) is 0 Å². The van der Waals surface area contributed by atoms with Crippen molar-refractivity contribution >= 4 is 11.9 Å². The molecule has 4 N–H and O–H groups in total. The van der Waals surface area contributed by atoms with Crippen LogP contribution in [0.3, 0.4) is 0 Å². The number of aliphatic hydroxyl groups excluding tert-OH is 1. The maximum Gasteiger partial charge on any atom is 0.326 e. The monoisotopic (exact) mass is 246 g/mol. The fourth-order valence-electron chi connectivity index (χ4n) is 1.44. The van der Waals surface area contributed by atoms with Crippen LogP contribution in [0.5, 0.6) is 0 Å². The van der Waals surface area contributed by atoms with E-state index in [0.29, 0.717) is 13.1 Å². The normalized spacial score (nSPS) is 19.2. The summed E-state index contributed by atoms with van der Waals surface area (Å²) in [6.07, 6.45) is -0.0140. The largest absolute Gasteiger partial charge is 0.480 e. The third kappa shape index (κ3) is 4.29. The summed E-state index contributed by atoms with van der Waals surface area (Å²) in [6.45, 7) is 2.77. The maximum absolute atomic E-state index is 11.4. The highest BCUT2D eigenvalue weighted by molar-refractivity contribution is 5.84. The number of carboxylic acids is 1. The molecular weight excluding hydrogens is 228 g/mol. The number of carbonyl (C=O) groups excluding carboxylic acids is 1. The van der Waals surface area contributed by atoms with Gasteiger partial charge in [0.1, 0.15) is 12.6 Å². The number of nitrogens with one attached hydrogen (secondary N) is 2. The molecule has 1 amide bonds. The molecule has 0 aliphatic carbocycles. The fourth-order valence-corrected chi connectivity index (χ4v) is 1.44. The Balaban J connectivity index is 2.29. The molecular formula is C10H18N2O5. The zero-order valence-electron chi connectivity index (χ0n) is 9.73. The lowest BCUT2D eigenvalue weighted by Gasteiger charge is -2.38. The fraction of sp³-hybridized carbons (Fsp3) is 0.800. The molecule has 0 radical (unpaired) electrons. The first kappa shape index (κ1) is 13.9. The van der Waals surface area contributed by atoms with Crippen molar-refractivity contribution < 1.29 is 24.5 Å². The third-order valence-corrected chi connectivity index (χ3v) is 2.60. The van der Waals surface area contributed by atoms with Gasteiger partial charge >= 0.3 is 5.97 Å². The molecule has 1 aliphatic rings. The van der Waals surface area contributed by atoms with Crippen molar-refractivity contribution in [3.05, 3.63) is 0 Å². The van der Waals surface area contributed by atoms with Crippen molar-refractivity contribution in [1.82, 2.24) is 10.6 Å². The number of amides is 1. The number of rotatable bonds is 7. The molecule has 1 aliphatic heterocycles. The van der Waals surface area contributed by atoms with Gasteiger partial charge in [-0.25, -0.2) is 4.79 Å². The Morgan fingerprint density at radius 3 is 2.59 bits per heavy atom. The van der Waals surface area contributed by atoms with Gasteiger partial charge in [-0.15, -0.1) is 0 Å². The van der Waals surface area contributed by atoms with E-state index >= 15 is 0 Å². The van der Waals surface area contributed by atoms with Crippen LogP contribution in [-0.2, 0) is 14.3 Å². The maximum atomic E-state index is 11.4. The second kappa shape index (κ2) is 5.95. The Morgan fingerprint density at radius 2 is 2.18 bits per heavy atom. The Hall–Kier alpha value is -1.18. The van der Waals surface area contributed by atoms with E-state index in [-0.39, 0.29) is 25.2 Å². The van der Waals surface area contributed by atoms with Crippen molar-refractivity contribution in [2.75, 3.05) is 26.3 Å². The van der Waals surface area contributed by atoms with Gasteiger partial charge in [-0.3, -0.25) is 4.79 Å². The average molecular weight is 246 g/mol. The minimum absolute atomic E-state index is 0.0140. The van der Waals surface area contributed by atoms with Gasteiger partial charge in [0.15, 0.2) is 0 Å². The number of hydrogen-bond donors (Lipinski definition) is 4. The molecule has 0 aromatic heterocycles. The summed E-state index contributed by atoms with van der Waals surface area (Å²) < 4.78 is 5.36. The van der Waals surface area contributed by atoms with Crippen LogP contribution in [0.1, 0.15) is 13.3 Å². The molecule has 1 fully saturated rings. The second-order valence-corrected chi connectivity index (χ2v) is 4.31. The standard InChI is InChI=1S/C10H18N2O5/c1-10(5-11-6-10)17-4-8(14)12-7(2-3-13)9(15)16/h7,11,13H,2-6H2,1H3,(H,12,14)(H,15,16)/t7-/m1/s1. The molecule has 7 nitrogen and oxygen atoms in total. The SMILES string of the molecule is CC1(OCC(=O)N[C@H](CCO)C(=O)O)CNC1.